The average Bonchev–Trinajstić information content (AvgIpc) is 3.33. The molecule has 0 spiro atoms. The van der Waals surface area contributed by atoms with Crippen molar-refractivity contribution < 1.29 is 18.6 Å². The molecule has 25 heavy (non-hydrogen) atoms. The molecule has 2 aliphatic rings. The molecule has 2 aliphatic heterocycles. The van der Waals surface area contributed by atoms with Gasteiger partial charge in [0, 0.05) is 6.61 Å². The number of ether oxygens (including phenoxy) is 3. The first kappa shape index (κ1) is 18.9. The molecule has 2 heterocycles. The van der Waals surface area contributed by atoms with Crippen LogP contribution >= 0.6 is 0 Å². The van der Waals surface area contributed by atoms with Gasteiger partial charge in [-0.1, -0.05) is 32.9 Å². The second-order valence-electron chi connectivity index (χ2n) is 8.66. The summed E-state index contributed by atoms with van der Waals surface area (Å²) in [7, 11) is -1.79. The van der Waals surface area contributed by atoms with Crippen molar-refractivity contribution in [2.45, 2.75) is 76.7 Å². The number of hydrogen-bond acceptors (Lipinski definition) is 4. The SMILES string of the molecule is CC(C)(C)[Si](C)(C)Oc1ccc([C@@H]2O[C@H]2COC2CCCCO2)cc1. The molecule has 1 aromatic rings. The fourth-order valence-corrected chi connectivity index (χ4v) is 3.81. The van der Waals surface area contributed by atoms with Crippen molar-refractivity contribution in [3.05, 3.63) is 29.8 Å². The zero-order chi connectivity index (χ0) is 18.1. The van der Waals surface area contributed by atoms with Gasteiger partial charge in [0.25, 0.3) is 0 Å². The normalized spacial score (nSPS) is 27.2. The maximum Gasteiger partial charge on any atom is 0.250 e. The highest BCUT2D eigenvalue weighted by molar-refractivity contribution is 6.74. The van der Waals surface area contributed by atoms with Crippen LogP contribution in [0.5, 0.6) is 5.75 Å². The Hall–Kier alpha value is -0.883. The second-order valence-corrected chi connectivity index (χ2v) is 13.4. The van der Waals surface area contributed by atoms with Gasteiger partial charge in [-0.25, -0.2) is 0 Å². The van der Waals surface area contributed by atoms with Crippen LogP contribution in [-0.2, 0) is 14.2 Å². The molecule has 3 rings (SSSR count). The van der Waals surface area contributed by atoms with Crippen LogP contribution in [0.15, 0.2) is 24.3 Å². The Labute approximate surface area is 152 Å². The molecule has 4 nitrogen and oxygen atoms in total. The van der Waals surface area contributed by atoms with Crippen molar-refractivity contribution in [2.24, 2.45) is 0 Å². The summed E-state index contributed by atoms with van der Waals surface area (Å²) in [6.45, 7) is 12.7. The lowest BCUT2D eigenvalue weighted by atomic mass is 10.1. The Bertz CT molecular complexity index is 558. The summed E-state index contributed by atoms with van der Waals surface area (Å²) >= 11 is 0. The van der Waals surface area contributed by atoms with Crippen LogP contribution < -0.4 is 4.43 Å². The summed E-state index contributed by atoms with van der Waals surface area (Å²) in [5.41, 5.74) is 1.20. The Balaban J connectivity index is 1.48. The first-order chi connectivity index (χ1) is 11.8. The minimum atomic E-state index is -1.79. The summed E-state index contributed by atoms with van der Waals surface area (Å²) in [5, 5.41) is 0.203. The molecule has 0 amide bonds. The quantitative estimate of drug-likeness (QED) is 0.523. The van der Waals surface area contributed by atoms with Crippen LogP contribution in [0.1, 0.15) is 51.7 Å². The molecular weight excluding hydrogens is 332 g/mol. The van der Waals surface area contributed by atoms with Crippen molar-refractivity contribution >= 4 is 8.32 Å². The largest absolute Gasteiger partial charge is 0.544 e. The number of benzene rings is 1. The van der Waals surface area contributed by atoms with Gasteiger partial charge in [0.05, 0.1) is 6.61 Å². The molecule has 0 saturated carbocycles. The molecule has 0 bridgehead atoms. The Morgan fingerprint density at radius 2 is 1.84 bits per heavy atom. The lowest BCUT2D eigenvalue weighted by Crippen LogP contribution is -2.43. The van der Waals surface area contributed by atoms with Gasteiger partial charge in [0.2, 0.25) is 8.32 Å². The molecule has 140 valence electrons. The smallest absolute Gasteiger partial charge is 0.250 e. The molecular formula is C20H32O4Si. The van der Waals surface area contributed by atoms with E-state index in [0.717, 1.165) is 25.2 Å². The van der Waals surface area contributed by atoms with Gasteiger partial charge in [0.1, 0.15) is 18.0 Å². The molecule has 1 aromatic carbocycles. The van der Waals surface area contributed by atoms with Crippen LogP contribution in [0.3, 0.4) is 0 Å². The number of epoxide rings is 1. The van der Waals surface area contributed by atoms with E-state index in [1.807, 2.05) is 0 Å². The molecule has 0 radical (unpaired) electrons. The molecule has 2 saturated heterocycles. The van der Waals surface area contributed by atoms with E-state index in [9.17, 15) is 0 Å². The minimum Gasteiger partial charge on any atom is -0.544 e. The van der Waals surface area contributed by atoms with Crippen LogP contribution in [-0.4, -0.2) is 33.9 Å². The van der Waals surface area contributed by atoms with Gasteiger partial charge < -0.3 is 18.6 Å². The van der Waals surface area contributed by atoms with Crippen molar-refractivity contribution in [3.63, 3.8) is 0 Å². The van der Waals surface area contributed by atoms with Crippen LogP contribution in [0.2, 0.25) is 18.1 Å². The van der Waals surface area contributed by atoms with Gasteiger partial charge in [-0.15, -0.1) is 0 Å². The summed E-state index contributed by atoms with van der Waals surface area (Å²) in [6.07, 6.45) is 3.58. The lowest BCUT2D eigenvalue weighted by Gasteiger charge is -2.36. The topological polar surface area (TPSA) is 40.2 Å². The van der Waals surface area contributed by atoms with E-state index in [2.05, 4.69) is 58.1 Å². The molecule has 3 atom stereocenters. The molecule has 1 unspecified atom stereocenters. The van der Waals surface area contributed by atoms with Crippen LogP contribution in [0.4, 0.5) is 0 Å². The van der Waals surface area contributed by atoms with Crippen molar-refractivity contribution in [2.75, 3.05) is 13.2 Å². The summed E-state index contributed by atoms with van der Waals surface area (Å²) in [4.78, 5) is 0. The van der Waals surface area contributed by atoms with Crippen molar-refractivity contribution in [1.29, 1.82) is 0 Å². The van der Waals surface area contributed by atoms with E-state index in [0.29, 0.717) is 6.61 Å². The average molecular weight is 365 g/mol. The Morgan fingerprint density at radius 3 is 2.44 bits per heavy atom. The second kappa shape index (κ2) is 7.39. The summed E-state index contributed by atoms with van der Waals surface area (Å²) in [6, 6.07) is 8.37. The van der Waals surface area contributed by atoms with E-state index in [-0.39, 0.29) is 23.5 Å². The van der Waals surface area contributed by atoms with E-state index >= 15 is 0 Å². The number of hydrogen-bond donors (Lipinski definition) is 0. The highest BCUT2D eigenvalue weighted by Gasteiger charge is 2.41. The van der Waals surface area contributed by atoms with Crippen molar-refractivity contribution in [1.82, 2.24) is 0 Å². The highest BCUT2D eigenvalue weighted by Crippen LogP contribution is 2.41. The van der Waals surface area contributed by atoms with Gasteiger partial charge in [-0.05, 0) is 55.1 Å². The lowest BCUT2D eigenvalue weighted by molar-refractivity contribution is -0.164. The molecule has 0 aliphatic carbocycles. The monoisotopic (exact) mass is 364 g/mol. The number of rotatable bonds is 6. The molecule has 0 aromatic heterocycles. The fraction of sp³-hybridized carbons (Fsp3) is 0.700. The molecule has 0 N–H and O–H groups in total. The minimum absolute atomic E-state index is 0.0426. The van der Waals surface area contributed by atoms with Gasteiger partial charge in [-0.2, -0.15) is 0 Å². The van der Waals surface area contributed by atoms with E-state index < -0.39 is 8.32 Å². The van der Waals surface area contributed by atoms with E-state index in [4.69, 9.17) is 18.6 Å². The fourth-order valence-electron chi connectivity index (χ4n) is 2.78. The van der Waals surface area contributed by atoms with Gasteiger partial charge in [0.15, 0.2) is 6.29 Å². The third kappa shape index (κ3) is 4.85. The third-order valence-corrected chi connectivity index (χ3v) is 9.91. The van der Waals surface area contributed by atoms with E-state index in [1.165, 1.54) is 12.0 Å². The third-order valence-electron chi connectivity index (χ3n) is 5.55. The molecule has 5 heteroatoms. The van der Waals surface area contributed by atoms with Gasteiger partial charge >= 0.3 is 0 Å². The maximum atomic E-state index is 6.33. The van der Waals surface area contributed by atoms with Crippen molar-refractivity contribution in [3.8, 4) is 5.75 Å². The zero-order valence-electron chi connectivity index (χ0n) is 16.2. The van der Waals surface area contributed by atoms with Crippen LogP contribution in [0.25, 0.3) is 0 Å². The summed E-state index contributed by atoms with van der Waals surface area (Å²) in [5.74, 6) is 0.958. The first-order valence-corrected chi connectivity index (χ1v) is 12.3. The predicted molar refractivity (Wildman–Crippen MR) is 101 cm³/mol. The maximum absolute atomic E-state index is 6.33. The predicted octanol–water partition coefficient (Wildman–Crippen LogP) is 5.05. The van der Waals surface area contributed by atoms with Crippen LogP contribution in [0, 0.1) is 0 Å². The Kier molecular flexibility index (Phi) is 5.59. The standard InChI is InChI=1S/C20H32O4Si/c1-20(2,3)25(4,5)24-16-11-9-15(10-12-16)19-17(23-19)14-22-18-8-6-7-13-21-18/h9-12,17-19H,6-8,13-14H2,1-5H3/t17-,18?,19-/m0/s1. The Morgan fingerprint density at radius 1 is 1.12 bits per heavy atom. The highest BCUT2D eigenvalue weighted by atomic mass is 28.4. The van der Waals surface area contributed by atoms with E-state index in [1.54, 1.807) is 0 Å². The zero-order valence-corrected chi connectivity index (χ0v) is 17.2. The first-order valence-electron chi connectivity index (χ1n) is 9.44. The summed E-state index contributed by atoms with van der Waals surface area (Å²) < 4.78 is 23.5. The van der Waals surface area contributed by atoms with Gasteiger partial charge in [-0.3, -0.25) is 0 Å². The molecule has 2 fully saturated rings.